The monoisotopic (exact) mass is 574 g/mol. The van der Waals surface area contributed by atoms with Crippen LogP contribution in [0.1, 0.15) is 18.9 Å². The summed E-state index contributed by atoms with van der Waals surface area (Å²) in [7, 11) is 1.61. The van der Waals surface area contributed by atoms with E-state index in [1.165, 1.54) is 5.69 Å². The minimum atomic E-state index is 0. The second-order valence-corrected chi connectivity index (χ2v) is 7.66. The Labute approximate surface area is 197 Å². The molecular formula is C21H28BrIN4O2. The molecule has 29 heavy (non-hydrogen) atoms. The van der Waals surface area contributed by atoms with Crippen LogP contribution in [0.2, 0.25) is 0 Å². The SMILES string of the molecule is CCNC(=NCc1cc(OC)ccc1O)NC1CCN(c2ccc(Br)cc2)C1.I. The number of nitrogens with zero attached hydrogens (tertiary/aromatic N) is 2. The highest BCUT2D eigenvalue weighted by Crippen LogP contribution is 2.24. The zero-order valence-electron chi connectivity index (χ0n) is 16.7. The number of aliphatic imine (C=N–C) groups is 1. The molecule has 3 rings (SSSR count). The van der Waals surface area contributed by atoms with E-state index >= 15 is 0 Å². The molecule has 2 aromatic carbocycles. The van der Waals surface area contributed by atoms with Crippen molar-refractivity contribution in [2.24, 2.45) is 4.99 Å². The normalized spacial score (nSPS) is 16.3. The first-order chi connectivity index (χ1) is 13.6. The maximum absolute atomic E-state index is 10.1. The molecule has 0 radical (unpaired) electrons. The van der Waals surface area contributed by atoms with Crippen molar-refractivity contribution in [3.8, 4) is 11.5 Å². The summed E-state index contributed by atoms with van der Waals surface area (Å²) in [6.07, 6.45) is 1.05. The topological polar surface area (TPSA) is 69.1 Å². The molecule has 0 saturated carbocycles. The Balaban J connectivity index is 0.00000300. The lowest BCUT2D eigenvalue weighted by Gasteiger charge is -2.20. The molecule has 1 aliphatic heterocycles. The molecule has 0 spiro atoms. The molecule has 158 valence electrons. The van der Waals surface area contributed by atoms with Gasteiger partial charge >= 0.3 is 0 Å². The lowest BCUT2D eigenvalue weighted by atomic mass is 10.2. The molecule has 2 aromatic rings. The average molecular weight is 575 g/mol. The van der Waals surface area contributed by atoms with Crippen LogP contribution >= 0.6 is 39.9 Å². The molecular weight excluding hydrogens is 547 g/mol. The molecule has 8 heteroatoms. The van der Waals surface area contributed by atoms with Crippen LogP contribution in [0.4, 0.5) is 5.69 Å². The fourth-order valence-corrected chi connectivity index (χ4v) is 3.52. The van der Waals surface area contributed by atoms with E-state index in [0.29, 0.717) is 18.3 Å². The fourth-order valence-electron chi connectivity index (χ4n) is 3.26. The van der Waals surface area contributed by atoms with E-state index in [1.54, 1.807) is 19.2 Å². The lowest BCUT2D eigenvalue weighted by molar-refractivity contribution is 0.411. The van der Waals surface area contributed by atoms with Crippen molar-refractivity contribution in [3.05, 3.63) is 52.5 Å². The molecule has 1 aliphatic rings. The summed E-state index contributed by atoms with van der Waals surface area (Å²) in [6, 6.07) is 13.9. The minimum absolute atomic E-state index is 0. The maximum atomic E-state index is 10.1. The summed E-state index contributed by atoms with van der Waals surface area (Å²) >= 11 is 3.49. The first-order valence-corrected chi connectivity index (χ1v) is 10.3. The quantitative estimate of drug-likeness (QED) is 0.275. The van der Waals surface area contributed by atoms with Gasteiger partial charge in [-0.15, -0.1) is 24.0 Å². The molecule has 0 aliphatic carbocycles. The first-order valence-electron chi connectivity index (χ1n) is 9.50. The average Bonchev–Trinajstić information content (AvgIpc) is 3.16. The van der Waals surface area contributed by atoms with Crippen LogP contribution in [0.5, 0.6) is 11.5 Å². The predicted molar refractivity (Wildman–Crippen MR) is 133 cm³/mol. The Morgan fingerprint density at radius 3 is 2.72 bits per heavy atom. The molecule has 1 saturated heterocycles. The van der Waals surface area contributed by atoms with E-state index in [1.807, 2.05) is 13.0 Å². The second-order valence-electron chi connectivity index (χ2n) is 6.74. The van der Waals surface area contributed by atoms with Gasteiger partial charge in [-0.1, -0.05) is 15.9 Å². The summed E-state index contributed by atoms with van der Waals surface area (Å²) in [5.74, 6) is 1.69. The molecule has 1 atom stereocenters. The summed E-state index contributed by atoms with van der Waals surface area (Å²) in [4.78, 5) is 7.02. The Bertz CT molecular complexity index is 817. The Morgan fingerprint density at radius 2 is 2.03 bits per heavy atom. The van der Waals surface area contributed by atoms with Crippen LogP contribution in [0.15, 0.2) is 51.9 Å². The summed E-state index contributed by atoms with van der Waals surface area (Å²) in [5, 5.41) is 16.9. The van der Waals surface area contributed by atoms with Gasteiger partial charge in [-0.2, -0.15) is 0 Å². The smallest absolute Gasteiger partial charge is 0.191 e. The van der Waals surface area contributed by atoms with Gasteiger partial charge in [0, 0.05) is 41.4 Å². The van der Waals surface area contributed by atoms with Gasteiger partial charge in [0.25, 0.3) is 0 Å². The van der Waals surface area contributed by atoms with Crippen molar-refractivity contribution in [2.75, 3.05) is 31.6 Å². The highest BCUT2D eigenvalue weighted by Gasteiger charge is 2.23. The number of hydrogen-bond donors (Lipinski definition) is 3. The summed E-state index contributed by atoms with van der Waals surface area (Å²) in [5.41, 5.74) is 1.97. The number of ether oxygens (including phenoxy) is 1. The number of phenols is 1. The van der Waals surface area contributed by atoms with Crippen molar-refractivity contribution in [1.29, 1.82) is 0 Å². The van der Waals surface area contributed by atoms with Gasteiger partial charge in [-0.05, 0) is 55.8 Å². The van der Waals surface area contributed by atoms with Crippen molar-refractivity contribution in [2.45, 2.75) is 25.9 Å². The molecule has 0 aromatic heterocycles. The molecule has 6 nitrogen and oxygen atoms in total. The van der Waals surface area contributed by atoms with E-state index in [-0.39, 0.29) is 29.7 Å². The lowest BCUT2D eigenvalue weighted by Crippen LogP contribution is -2.44. The third-order valence-corrected chi connectivity index (χ3v) is 5.29. The molecule has 0 amide bonds. The van der Waals surface area contributed by atoms with E-state index in [4.69, 9.17) is 4.74 Å². The van der Waals surface area contributed by atoms with Crippen molar-refractivity contribution in [3.63, 3.8) is 0 Å². The van der Waals surface area contributed by atoms with Crippen LogP contribution < -0.4 is 20.3 Å². The maximum Gasteiger partial charge on any atom is 0.191 e. The number of guanidine groups is 1. The van der Waals surface area contributed by atoms with Gasteiger partial charge in [-0.3, -0.25) is 0 Å². The van der Waals surface area contributed by atoms with Gasteiger partial charge in [-0.25, -0.2) is 4.99 Å². The molecule has 0 bridgehead atoms. The number of benzene rings is 2. The molecule has 1 heterocycles. The highest BCUT2D eigenvalue weighted by molar-refractivity contribution is 14.0. The minimum Gasteiger partial charge on any atom is -0.508 e. The number of nitrogens with one attached hydrogen (secondary N) is 2. The van der Waals surface area contributed by atoms with Gasteiger partial charge in [0.15, 0.2) is 5.96 Å². The van der Waals surface area contributed by atoms with Crippen LogP contribution in [-0.2, 0) is 6.54 Å². The van der Waals surface area contributed by atoms with E-state index in [0.717, 1.165) is 42.1 Å². The van der Waals surface area contributed by atoms with E-state index < -0.39 is 0 Å². The van der Waals surface area contributed by atoms with Gasteiger partial charge in [0.1, 0.15) is 11.5 Å². The second kappa shape index (κ2) is 11.5. The molecule has 3 N–H and O–H groups in total. The van der Waals surface area contributed by atoms with E-state index in [9.17, 15) is 5.11 Å². The Morgan fingerprint density at radius 1 is 1.28 bits per heavy atom. The summed E-state index contributed by atoms with van der Waals surface area (Å²) in [6.45, 7) is 5.13. The number of hydrogen-bond acceptors (Lipinski definition) is 4. The van der Waals surface area contributed by atoms with Gasteiger partial charge < -0.3 is 25.4 Å². The standard InChI is InChI=1S/C21H27BrN4O2.HI/c1-3-23-21(24-13-15-12-19(28-2)8-9-20(15)27)25-17-10-11-26(14-17)18-6-4-16(22)5-7-18;/h4-9,12,17,27H,3,10-11,13-14H2,1-2H3,(H2,23,24,25);1H. The Hall–Kier alpha value is -1.68. The zero-order chi connectivity index (χ0) is 19.9. The number of anilines is 1. The number of phenolic OH excluding ortho intramolecular Hbond substituents is 1. The largest absolute Gasteiger partial charge is 0.508 e. The van der Waals surface area contributed by atoms with E-state index in [2.05, 4.69) is 60.7 Å². The fraction of sp³-hybridized carbons (Fsp3) is 0.381. The number of halogens is 2. The Kier molecular flexibility index (Phi) is 9.35. The first kappa shape index (κ1) is 23.6. The van der Waals surface area contributed by atoms with Gasteiger partial charge in [0.2, 0.25) is 0 Å². The van der Waals surface area contributed by atoms with Crippen LogP contribution in [0.25, 0.3) is 0 Å². The zero-order valence-corrected chi connectivity index (χ0v) is 20.6. The van der Waals surface area contributed by atoms with Crippen molar-refractivity contribution < 1.29 is 9.84 Å². The third kappa shape index (κ3) is 6.67. The predicted octanol–water partition coefficient (Wildman–Crippen LogP) is 4.12. The molecule has 1 unspecified atom stereocenters. The highest BCUT2D eigenvalue weighted by atomic mass is 127. The number of rotatable bonds is 6. The van der Waals surface area contributed by atoms with Crippen molar-refractivity contribution >= 4 is 51.6 Å². The van der Waals surface area contributed by atoms with Crippen LogP contribution in [0, 0.1) is 0 Å². The molecule has 1 fully saturated rings. The van der Waals surface area contributed by atoms with Crippen LogP contribution in [0.3, 0.4) is 0 Å². The number of aromatic hydroxyl groups is 1. The number of methoxy groups -OCH3 is 1. The van der Waals surface area contributed by atoms with Crippen LogP contribution in [-0.4, -0.2) is 43.9 Å². The van der Waals surface area contributed by atoms with Gasteiger partial charge in [0.05, 0.1) is 13.7 Å². The summed E-state index contributed by atoms with van der Waals surface area (Å²) < 4.78 is 6.32. The third-order valence-electron chi connectivity index (χ3n) is 4.76. The van der Waals surface area contributed by atoms with Crippen molar-refractivity contribution in [1.82, 2.24) is 10.6 Å².